The molecule has 2 aliphatic heterocycles. The minimum Gasteiger partial charge on any atom is -0.444 e. The summed E-state index contributed by atoms with van der Waals surface area (Å²) < 4.78 is 11.1. The van der Waals surface area contributed by atoms with Crippen LogP contribution in [-0.4, -0.2) is 54.0 Å². The van der Waals surface area contributed by atoms with E-state index in [4.69, 9.17) is 9.47 Å². The topological polar surface area (TPSA) is 50.8 Å². The highest BCUT2D eigenvalue weighted by atomic mass is 16.6. The van der Waals surface area contributed by atoms with Crippen molar-refractivity contribution in [3.63, 3.8) is 0 Å². The molecule has 1 atom stereocenters. The summed E-state index contributed by atoms with van der Waals surface area (Å²) in [5.41, 5.74) is -0.454. The molecule has 2 fully saturated rings. The van der Waals surface area contributed by atoms with Crippen LogP contribution < -0.4 is 5.32 Å². The van der Waals surface area contributed by atoms with E-state index in [1.165, 1.54) is 0 Å². The van der Waals surface area contributed by atoms with Gasteiger partial charge >= 0.3 is 6.09 Å². The van der Waals surface area contributed by atoms with Gasteiger partial charge in [0, 0.05) is 31.8 Å². The first-order valence-electron chi connectivity index (χ1n) is 7.53. The predicted molar refractivity (Wildman–Crippen MR) is 77.8 cm³/mol. The van der Waals surface area contributed by atoms with Crippen molar-refractivity contribution in [3.8, 4) is 0 Å². The molecule has 2 heterocycles. The SMILES string of the molecule is CC(C)(C)OC(=O)N1CC(NC2CCOC(C)(C)C2)C1. The molecular weight excluding hydrogens is 256 g/mol. The van der Waals surface area contributed by atoms with Crippen LogP contribution in [0.2, 0.25) is 0 Å². The largest absolute Gasteiger partial charge is 0.444 e. The average molecular weight is 284 g/mol. The first kappa shape index (κ1) is 15.6. The number of ether oxygens (including phenoxy) is 2. The van der Waals surface area contributed by atoms with Crippen LogP contribution in [0, 0.1) is 0 Å². The van der Waals surface area contributed by atoms with Gasteiger partial charge in [-0.05, 0) is 47.5 Å². The van der Waals surface area contributed by atoms with Crippen LogP contribution in [0.15, 0.2) is 0 Å². The van der Waals surface area contributed by atoms with Crippen LogP contribution in [-0.2, 0) is 9.47 Å². The zero-order chi connectivity index (χ0) is 15.0. The van der Waals surface area contributed by atoms with Crippen molar-refractivity contribution in [3.05, 3.63) is 0 Å². The number of amides is 1. The van der Waals surface area contributed by atoms with E-state index in [-0.39, 0.29) is 11.7 Å². The van der Waals surface area contributed by atoms with Gasteiger partial charge in [0.15, 0.2) is 0 Å². The van der Waals surface area contributed by atoms with E-state index in [1.54, 1.807) is 4.90 Å². The summed E-state index contributed by atoms with van der Waals surface area (Å²) in [5, 5.41) is 3.63. The van der Waals surface area contributed by atoms with Crippen LogP contribution >= 0.6 is 0 Å². The lowest BCUT2D eigenvalue weighted by molar-refractivity contribution is -0.0675. The third-order valence-electron chi connectivity index (χ3n) is 3.70. The minimum atomic E-state index is -0.416. The smallest absolute Gasteiger partial charge is 0.410 e. The maximum absolute atomic E-state index is 11.8. The maximum atomic E-state index is 11.8. The van der Waals surface area contributed by atoms with E-state index in [2.05, 4.69) is 19.2 Å². The molecule has 0 radical (unpaired) electrons. The molecule has 116 valence electrons. The fourth-order valence-electron chi connectivity index (χ4n) is 2.77. The number of carbonyl (C=O) groups excluding carboxylic acids is 1. The Bertz CT molecular complexity index is 357. The van der Waals surface area contributed by atoms with Gasteiger partial charge in [-0.1, -0.05) is 0 Å². The Morgan fingerprint density at radius 2 is 1.95 bits per heavy atom. The molecule has 20 heavy (non-hydrogen) atoms. The van der Waals surface area contributed by atoms with Crippen LogP contribution in [0.25, 0.3) is 0 Å². The summed E-state index contributed by atoms with van der Waals surface area (Å²) in [6.45, 7) is 12.2. The molecule has 0 bridgehead atoms. The normalized spacial score (nSPS) is 27.1. The Hall–Kier alpha value is -0.810. The van der Waals surface area contributed by atoms with E-state index < -0.39 is 5.60 Å². The van der Waals surface area contributed by atoms with Crippen molar-refractivity contribution in [1.29, 1.82) is 0 Å². The van der Waals surface area contributed by atoms with Gasteiger partial charge in [-0.15, -0.1) is 0 Å². The van der Waals surface area contributed by atoms with E-state index in [9.17, 15) is 4.79 Å². The minimum absolute atomic E-state index is 0.0372. The summed E-state index contributed by atoms with van der Waals surface area (Å²) in [7, 11) is 0. The molecule has 0 aliphatic carbocycles. The fourth-order valence-corrected chi connectivity index (χ4v) is 2.77. The molecule has 5 nitrogen and oxygen atoms in total. The number of nitrogens with zero attached hydrogens (tertiary/aromatic N) is 1. The second-order valence-corrected chi connectivity index (χ2v) is 7.55. The quantitative estimate of drug-likeness (QED) is 0.844. The van der Waals surface area contributed by atoms with E-state index in [0.29, 0.717) is 12.1 Å². The lowest BCUT2D eigenvalue weighted by Gasteiger charge is -2.44. The van der Waals surface area contributed by atoms with Crippen LogP contribution in [0.1, 0.15) is 47.5 Å². The monoisotopic (exact) mass is 284 g/mol. The van der Waals surface area contributed by atoms with Crippen LogP contribution in [0.4, 0.5) is 4.79 Å². The number of carbonyl (C=O) groups is 1. The molecule has 0 aromatic carbocycles. The van der Waals surface area contributed by atoms with Crippen LogP contribution in [0.3, 0.4) is 0 Å². The van der Waals surface area contributed by atoms with Gasteiger partial charge in [0.05, 0.1) is 5.60 Å². The van der Waals surface area contributed by atoms with Crippen molar-refractivity contribution < 1.29 is 14.3 Å². The predicted octanol–water partition coefficient (Wildman–Crippen LogP) is 2.15. The van der Waals surface area contributed by atoms with Gasteiger partial charge in [-0.3, -0.25) is 0 Å². The number of hydrogen-bond donors (Lipinski definition) is 1. The standard InChI is InChI=1S/C15H28N2O3/c1-14(2,3)20-13(18)17-9-12(10-17)16-11-6-7-19-15(4,5)8-11/h11-12,16H,6-10H2,1-5H3. The average Bonchev–Trinajstić information content (AvgIpc) is 2.18. The molecule has 1 N–H and O–H groups in total. The summed E-state index contributed by atoms with van der Waals surface area (Å²) in [6, 6.07) is 0.881. The van der Waals surface area contributed by atoms with Gasteiger partial charge in [0.1, 0.15) is 5.60 Å². The first-order valence-corrected chi connectivity index (χ1v) is 7.53. The molecule has 1 unspecified atom stereocenters. The summed E-state index contributed by atoms with van der Waals surface area (Å²) >= 11 is 0. The molecular formula is C15H28N2O3. The highest BCUT2D eigenvalue weighted by Crippen LogP contribution is 2.25. The summed E-state index contributed by atoms with van der Waals surface area (Å²) in [4.78, 5) is 13.6. The zero-order valence-corrected chi connectivity index (χ0v) is 13.4. The number of hydrogen-bond acceptors (Lipinski definition) is 4. The Labute approximate surface area is 122 Å². The summed E-state index contributed by atoms with van der Waals surface area (Å²) in [5.74, 6) is 0. The Balaban J connectivity index is 1.70. The molecule has 2 rings (SSSR count). The van der Waals surface area contributed by atoms with Gasteiger partial charge in [0.25, 0.3) is 0 Å². The second-order valence-electron chi connectivity index (χ2n) is 7.55. The maximum Gasteiger partial charge on any atom is 0.410 e. The molecule has 0 spiro atoms. The van der Waals surface area contributed by atoms with E-state index >= 15 is 0 Å². The molecule has 1 amide bonds. The van der Waals surface area contributed by atoms with Gasteiger partial charge < -0.3 is 19.7 Å². The zero-order valence-electron chi connectivity index (χ0n) is 13.4. The highest BCUT2D eigenvalue weighted by molar-refractivity contribution is 5.69. The van der Waals surface area contributed by atoms with Crippen molar-refractivity contribution in [2.24, 2.45) is 0 Å². The van der Waals surface area contributed by atoms with Gasteiger partial charge in [0.2, 0.25) is 0 Å². The van der Waals surface area contributed by atoms with Crippen molar-refractivity contribution >= 4 is 6.09 Å². The summed E-state index contributed by atoms with van der Waals surface area (Å²) in [6.07, 6.45) is 1.87. The lowest BCUT2D eigenvalue weighted by atomic mass is 9.93. The fraction of sp³-hybridized carbons (Fsp3) is 0.933. The third-order valence-corrected chi connectivity index (χ3v) is 3.70. The van der Waals surface area contributed by atoms with Crippen molar-refractivity contribution in [1.82, 2.24) is 10.2 Å². The number of rotatable bonds is 2. The van der Waals surface area contributed by atoms with E-state index in [0.717, 1.165) is 32.5 Å². The first-order chi connectivity index (χ1) is 9.15. The lowest BCUT2D eigenvalue weighted by Crippen LogP contribution is -2.63. The number of likely N-dealkylation sites (tertiary alicyclic amines) is 1. The Morgan fingerprint density at radius 1 is 1.30 bits per heavy atom. The molecule has 2 aliphatic rings. The molecule has 0 aromatic heterocycles. The van der Waals surface area contributed by atoms with Gasteiger partial charge in [-0.2, -0.15) is 0 Å². The highest BCUT2D eigenvalue weighted by Gasteiger charge is 2.36. The van der Waals surface area contributed by atoms with Gasteiger partial charge in [-0.25, -0.2) is 4.79 Å². The Morgan fingerprint density at radius 3 is 2.50 bits per heavy atom. The second kappa shape index (κ2) is 5.53. The molecule has 0 aromatic rings. The van der Waals surface area contributed by atoms with E-state index in [1.807, 2.05) is 20.8 Å². The Kier molecular flexibility index (Phi) is 4.30. The molecule has 2 saturated heterocycles. The van der Waals surface area contributed by atoms with Crippen LogP contribution in [0.5, 0.6) is 0 Å². The van der Waals surface area contributed by atoms with Crippen molar-refractivity contribution in [2.45, 2.75) is 70.7 Å². The third kappa shape index (κ3) is 4.35. The number of nitrogens with one attached hydrogen (secondary N) is 1. The molecule has 5 heteroatoms. The molecule has 0 saturated carbocycles. The van der Waals surface area contributed by atoms with Crippen molar-refractivity contribution in [2.75, 3.05) is 19.7 Å².